The SMILES string of the molecule is CCCCNCc1ccc(OCC)c(OCC)c1.Cl. The molecule has 19 heavy (non-hydrogen) atoms. The Labute approximate surface area is 123 Å². The minimum Gasteiger partial charge on any atom is -0.490 e. The molecule has 0 unspecified atom stereocenters. The second-order valence-electron chi connectivity index (χ2n) is 4.18. The molecule has 1 rings (SSSR count). The van der Waals surface area contributed by atoms with Crippen molar-refractivity contribution in [1.29, 1.82) is 0 Å². The summed E-state index contributed by atoms with van der Waals surface area (Å²) in [6.45, 7) is 9.44. The molecule has 0 heterocycles. The highest BCUT2D eigenvalue weighted by atomic mass is 35.5. The van der Waals surface area contributed by atoms with Gasteiger partial charge in [0.2, 0.25) is 0 Å². The van der Waals surface area contributed by atoms with Crippen molar-refractivity contribution in [3.63, 3.8) is 0 Å². The Kier molecular flexibility index (Phi) is 10.4. The van der Waals surface area contributed by atoms with Crippen LogP contribution in [-0.4, -0.2) is 19.8 Å². The first-order chi connectivity index (χ1) is 8.81. The maximum absolute atomic E-state index is 5.60. The van der Waals surface area contributed by atoms with E-state index >= 15 is 0 Å². The van der Waals surface area contributed by atoms with E-state index in [-0.39, 0.29) is 12.4 Å². The van der Waals surface area contributed by atoms with Gasteiger partial charge in [0.25, 0.3) is 0 Å². The highest BCUT2D eigenvalue weighted by Crippen LogP contribution is 2.28. The van der Waals surface area contributed by atoms with E-state index in [4.69, 9.17) is 9.47 Å². The molecule has 0 bridgehead atoms. The second-order valence-corrected chi connectivity index (χ2v) is 4.18. The molecule has 0 aliphatic carbocycles. The number of hydrogen-bond donors (Lipinski definition) is 1. The Hall–Kier alpha value is -0.930. The molecule has 1 aromatic rings. The number of hydrogen-bond acceptors (Lipinski definition) is 3. The Morgan fingerprint density at radius 1 is 1.00 bits per heavy atom. The highest BCUT2D eigenvalue weighted by molar-refractivity contribution is 5.85. The van der Waals surface area contributed by atoms with Gasteiger partial charge in [-0.1, -0.05) is 19.4 Å². The van der Waals surface area contributed by atoms with E-state index in [1.54, 1.807) is 0 Å². The Bertz CT molecular complexity index is 345. The van der Waals surface area contributed by atoms with Crippen LogP contribution < -0.4 is 14.8 Å². The van der Waals surface area contributed by atoms with Crippen LogP contribution in [0.4, 0.5) is 0 Å². The third kappa shape index (κ3) is 6.69. The van der Waals surface area contributed by atoms with Gasteiger partial charge >= 0.3 is 0 Å². The number of halogens is 1. The van der Waals surface area contributed by atoms with Gasteiger partial charge in [0.05, 0.1) is 13.2 Å². The number of ether oxygens (including phenoxy) is 2. The molecule has 1 N–H and O–H groups in total. The summed E-state index contributed by atoms with van der Waals surface area (Å²) in [5, 5.41) is 3.43. The maximum atomic E-state index is 5.60. The summed E-state index contributed by atoms with van der Waals surface area (Å²) in [6.07, 6.45) is 2.44. The van der Waals surface area contributed by atoms with E-state index in [0.29, 0.717) is 13.2 Å². The third-order valence-electron chi connectivity index (χ3n) is 2.64. The van der Waals surface area contributed by atoms with Crippen LogP contribution in [0.5, 0.6) is 11.5 Å². The van der Waals surface area contributed by atoms with Gasteiger partial charge in [0.15, 0.2) is 11.5 Å². The van der Waals surface area contributed by atoms with E-state index < -0.39 is 0 Å². The smallest absolute Gasteiger partial charge is 0.161 e. The van der Waals surface area contributed by atoms with Gasteiger partial charge in [-0.05, 0) is 44.5 Å². The van der Waals surface area contributed by atoms with Crippen LogP contribution in [0.25, 0.3) is 0 Å². The zero-order valence-corrected chi connectivity index (χ0v) is 13.0. The van der Waals surface area contributed by atoms with Crippen LogP contribution in [0, 0.1) is 0 Å². The molecule has 0 radical (unpaired) electrons. The molecule has 1 aromatic carbocycles. The largest absolute Gasteiger partial charge is 0.490 e. The van der Waals surface area contributed by atoms with E-state index in [0.717, 1.165) is 24.6 Å². The standard InChI is InChI=1S/C15H25NO2.ClH/c1-4-7-10-16-12-13-8-9-14(17-5-2)15(11-13)18-6-3;/h8-9,11,16H,4-7,10,12H2,1-3H3;1H. The zero-order valence-electron chi connectivity index (χ0n) is 12.2. The summed E-state index contributed by atoms with van der Waals surface area (Å²) in [7, 11) is 0. The summed E-state index contributed by atoms with van der Waals surface area (Å²) in [5.74, 6) is 1.67. The molecule has 110 valence electrons. The number of unbranched alkanes of at least 4 members (excludes halogenated alkanes) is 1. The first-order valence-corrected chi connectivity index (χ1v) is 6.91. The van der Waals surface area contributed by atoms with Crippen LogP contribution in [0.1, 0.15) is 39.2 Å². The fraction of sp³-hybridized carbons (Fsp3) is 0.600. The minimum atomic E-state index is 0. The first kappa shape index (κ1) is 18.1. The van der Waals surface area contributed by atoms with Gasteiger partial charge in [0.1, 0.15) is 0 Å². The summed E-state index contributed by atoms with van der Waals surface area (Å²) in [4.78, 5) is 0. The fourth-order valence-corrected chi connectivity index (χ4v) is 1.74. The van der Waals surface area contributed by atoms with Crippen molar-refractivity contribution in [1.82, 2.24) is 5.32 Å². The topological polar surface area (TPSA) is 30.5 Å². The molecule has 0 fully saturated rings. The molecular weight excluding hydrogens is 262 g/mol. The number of nitrogens with one attached hydrogen (secondary N) is 1. The monoisotopic (exact) mass is 287 g/mol. The van der Waals surface area contributed by atoms with Crippen LogP contribution in [0.2, 0.25) is 0 Å². The van der Waals surface area contributed by atoms with Crippen molar-refractivity contribution < 1.29 is 9.47 Å². The zero-order chi connectivity index (χ0) is 13.2. The normalized spacial score (nSPS) is 9.84. The van der Waals surface area contributed by atoms with Crippen LogP contribution in [0.3, 0.4) is 0 Å². The lowest BCUT2D eigenvalue weighted by Gasteiger charge is -2.12. The molecule has 0 atom stereocenters. The van der Waals surface area contributed by atoms with Gasteiger partial charge < -0.3 is 14.8 Å². The summed E-state index contributed by atoms with van der Waals surface area (Å²) < 4.78 is 11.1. The minimum absolute atomic E-state index is 0. The summed E-state index contributed by atoms with van der Waals surface area (Å²) in [5.41, 5.74) is 1.23. The van der Waals surface area contributed by atoms with Crippen LogP contribution >= 0.6 is 12.4 Å². The first-order valence-electron chi connectivity index (χ1n) is 6.91. The molecule has 3 nitrogen and oxygen atoms in total. The fourth-order valence-electron chi connectivity index (χ4n) is 1.74. The van der Waals surface area contributed by atoms with E-state index in [1.807, 2.05) is 19.9 Å². The summed E-state index contributed by atoms with van der Waals surface area (Å²) >= 11 is 0. The maximum Gasteiger partial charge on any atom is 0.161 e. The molecule has 0 aliphatic rings. The quantitative estimate of drug-likeness (QED) is 0.701. The van der Waals surface area contributed by atoms with E-state index in [1.165, 1.54) is 18.4 Å². The van der Waals surface area contributed by atoms with E-state index in [2.05, 4.69) is 24.4 Å². The Balaban J connectivity index is 0.00000324. The van der Waals surface area contributed by atoms with Gasteiger partial charge in [0, 0.05) is 6.54 Å². The van der Waals surface area contributed by atoms with E-state index in [9.17, 15) is 0 Å². The van der Waals surface area contributed by atoms with Crippen molar-refractivity contribution in [2.45, 2.75) is 40.2 Å². The predicted octanol–water partition coefficient (Wildman–Crippen LogP) is 3.80. The van der Waals surface area contributed by atoms with Crippen molar-refractivity contribution in [3.05, 3.63) is 23.8 Å². The lowest BCUT2D eigenvalue weighted by molar-refractivity contribution is 0.287. The number of benzene rings is 1. The average molecular weight is 288 g/mol. The molecule has 0 spiro atoms. The van der Waals surface area contributed by atoms with Gasteiger partial charge in [-0.3, -0.25) is 0 Å². The van der Waals surface area contributed by atoms with Crippen molar-refractivity contribution in [3.8, 4) is 11.5 Å². The lowest BCUT2D eigenvalue weighted by atomic mass is 10.2. The van der Waals surface area contributed by atoms with Crippen molar-refractivity contribution >= 4 is 12.4 Å². The highest BCUT2D eigenvalue weighted by Gasteiger charge is 2.05. The van der Waals surface area contributed by atoms with Crippen molar-refractivity contribution in [2.24, 2.45) is 0 Å². The van der Waals surface area contributed by atoms with Crippen molar-refractivity contribution in [2.75, 3.05) is 19.8 Å². The predicted molar refractivity (Wildman–Crippen MR) is 82.6 cm³/mol. The summed E-state index contributed by atoms with van der Waals surface area (Å²) in [6, 6.07) is 6.14. The van der Waals surface area contributed by atoms with Crippen LogP contribution in [0.15, 0.2) is 18.2 Å². The average Bonchev–Trinajstić information content (AvgIpc) is 2.38. The molecule has 4 heteroatoms. The Morgan fingerprint density at radius 3 is 2.32 bits per heavy atom. The third-order valence-corrected chi connectivity index (χ3v) is 2.64. The molecular formula is C15H26ClNO2. The Morgan fingerprint density at radius 2 is 1.68 bits per heavy atom. The molecule has 0 saturated heterocycles. The van der Waals surface area contributed by atoms with Gasteiger partial charge in [-0.25, -0.2) is 0 Å². The second kappa shape index (κ2) is 10.9. The molecule has 0 saturated carbocycles. The molecule has 0 amide bonds. The number of rotatable bonds is 9. The van der Waals surface area contributed by atoms with Gasteiger partial charge in [-0.15, -0.1) is 12.4 Å². The van der Waals surface area contributed by atoms with Crippen LogP contribution in [-0.2, 0) is 6.54 Å². The molecule has 0 aliphatic heterocycles. The van der Waals surface area contributed by atoms with Gasteiger partial charge in [-0.2, -0.15) is 0 Å². The lowest BCUT2D eigenvalue weighted by Crippen LogP contribution is -2.14. The molecule has 0 aromatic heterocycles.